The van der Waals surface area contributed by atoms with Crippen LogP contribution in [0.3, 0.4) is 0 Å². The quantitative estimate of drug-likeness (QED) is 0.808. The number of carbonyl (C=O) groups excluding carboxylic acids is 1. The molecular formula is C14H19BrN2O. The van der Waals surface area contributed by atoms with E-state index in [1.54, 1.807) is 0 Å². The van der Waals surface area contributed by atoms with Gasteiger partial charge in [0.1, 0.15) is 0 Å². The lowest BCUT2D eigenvalue weighted by atomic mass is 10.00. The van der Waals surface area contributed by atoms with Gasteiger partial charge >= 0.3 is 0 Å². The predicted molar refractivity (Wildman–Crippen MR) is 77.6 cm³/mol. The van der Waals surface area contributed by atoms with E-state index in [2.05, 4.69) is 22.9 Å². The van der Waals surface area contributed by atoms with Gasteiger partial charge in [-0.15, -0.1) is 0 Å². The van der Waals surface area contributed by atoms with Crippen molar-refractivity contribution in [1.29, 1.82) is 0 Å². The highest BCUT2D eigenvalue weighted by atomic mass is 79.9. The maximum absolute atomic E-state index is 12.6. The van der Waals surface area contributed by atoms with Gasteiger partial charge in [0.25, 0.3) is 5.91 Å². The fourth-order valence-corrected chi connectivity index (χ4v) is 2.95. The molecule has 1 aliphatic rings. The molecule has 0 radical (unpaired) electrons. The summed E-state index contributed by atoms with van der Waals surface area (Å²) < 4.78 is 0.860. The number of hydrogen-bond acceptors (Lipinski definition) is 2. The molecule has 0 aliphatic carbocycles. The van der Waals surface area contributed by atoms with Crippen LogP contribution in [-0.2, 0) is 0 Å². The van der Waals surface area contributed by atoms with Gasteiger partial charge in [0, 0.05) is 28.3 Å². The Kier molecular flexibility index (Phi) is 3.95. The van der Waals surface area contributed by atoms with E-state index in [1.807, 2.05) is 24.0 Å². The largest absolute Gasteiger partial charge is 0.398 e. The molecule has 1 saturated heterocycles. The molecule has 0 aromatic heterocycles. The first kappa shape index (κ1) is 13.4. The number of rotatable bonds is 1. The van der Waals surface area contributed by atoms with Crippen molar-refractivity contribution < 1.29 is 4.79 Å². The molecule has 1 aromatic carbocycles. The summed E-state index contributed by atoms with van der Waals surface area (Å²) in [5.74, 6) is 0.104. The van der Waals surface area contributed by atoms with E-state index in [0.717, 1.165) is 35.0 Å². The number of carbonyl (C=O) groups is 1. The fraction of sp³-hybridized carbons (Fsp3) is 0.500. The Morgan fingerprint density at radius 1 is 1.44 bits per heavy atom. The van der Waals surface area contributed by atoms with Crippen molar-refractivity contribution in [2.45, 2.75) is 39.2 Å². The second-order valence-electron chi connectivity index (χ2n) is 5.01. The van der Waals surface area contributed by atoms with Gasteiger partial charge in [0.05, 0.1) is 0 Å². The van der Waals surface area contributed by atoms with Crippen LogP contribution in [0.4, 0.5) is 5.69 Å². The molecular weight excluding hydrogens is 292 g/mol. The van der Waals surface area contributed by atoms with Crippen molar-refractivity contribution in [1.82, 2.24) is 4.90 Å². The van der Waals surface area contributed by atoms with Crippen LogP contribution in [0.2, 0.25) is 0 Å². The molecule has 1 atom stereocenters. The Hall–Kier alpha value is -1.03. The summed E-state index contributed by atoms with van der Waals surface area (Å²) in [5.41, 5.74) is 8.18. The van der Waals surface area contributed by atoms with Gasteiger partial charge in [-0.1, -0.05) is 15.9 Å². The van der Waals surface area contributed by atoms with Crippen molar-refractivity contribution >= 4 is 27.5 Å². The van der Waals surface area contributed by atoms with Crippen LogP contribution in [-0.4, -0.2) is 23.4 Å². The Bertz CT molecular complexity index is 473. The molecule has 2 rings (SSSR count). The van der Waals surface area contributed by atoms with Crippen LogP contribution in [0.25, 0.3) is 0 Å². The van der Waals surface area contributed by atoms with Crippen molar-refractivity contribution in [3.63, 3.8) is 0 Å². The summed E-state index contributed by atoms with van der Waals surface area (Å²) in [5, 5.41) is 0. The van der Waals surface area contributed by atoms with Gasteiger partial charge in [0.15, 0.2) is 0 Å². The highest BCUT2D eigenvalue weighted by molar-refractivity contribution is 9.10. The molecule has 18 heavy (non-hydrogen) atoms. The Labute approximate surface area is 116 Å². The second-order valence-corrected chi connectivity index (χ2v) is 5.93. The van der Waals surface area contributed by atoms with Crippen molar-refractivity contribution in [2.75, 3.05) is 12.3 Å². The normalized spacial score (nSPS) is 19.9. The number of nitrogens with two attached hydrogens (primary N) is 1. The number of likely N-dealkylation sites (tertiary alicyclic amines) is 1. The van der Waals surface area contributed by atoms with E-state index in [9.17, 15) is 4.79 Å². The summed E-state index contributed by atoms with van der Waals surface area (Å²) >= 11 is 3.40. The Morgan fingerprint density at radius 2 is 2.17 bits per heavy atom. The molecule has 0 spiro atoms. The number of anilines is 1. The molecule has 1 aromatic rings. The minimum Gasteiger partial charge on any atom is -0.398 e. The zero-order valence-corrected chi connectivity index (χ0v) is 12.5. The van der Waals surface area contributed by atoms with E-state index in [1.165, 1.54) is 6.42 Å². The number of halogens is 1. The summed E-state index contributed by atoms with van der Waals surface area (Å²) in [6.45, 7) is 4.88. The van der Waals surface area contributed by atoms with E-state index in [4.69, 9.17) is 5.73 Å². The van der Waals surface area contributed by atoms with Gasteiger partial charge in [0.2, 0.25) is 0 Å². The average molecular weight is 311 g/mol. The minimum absolute atomic E-state index is 0.104. The van der Waals surface area contributed by atoms with Gasteiger partial charge < -0.3 is 10.6 Å². The maximum atomic E-state index is 12.6. The number of piperidine rings is 1. The van der Waals surface area contributed by atoms with Crippen LogP contribution in [0, 0.1) is 6.92 Å². The van der Waals surface area contributed by atoms with Gasteiger partial charge in [-0.3, -0.25) is 4.79 Å². The molecule has 1 aliphatic heterocycles. The molecule has 98 valence electrons. The van der Waals surface area contributed by atoms with E-state index in [-0.39, 0.29) is 5.91 Å². The zero-order valence-electron chi connectivity index (χ0n) is 10.9. The third kappa shape index (κ3) is 2.53. The Morgan fingerprint density at radius 3 is 2.83 bits per heavy atom. The molecule has 3 nitrogen and oxygen atoms in total. The number of nitrogens with zero attached hydrogens (tertiary/aromatic N) is 1. The number of amides is 1. The van der Waals surface area contributed by atoms with Crippen LogP contribution in [0.5, 0.6) is 0 Å². The first-order valence-electron chi connectivity index (χ1n) is 6.37. The molecule has 1 heterocycles. The van der Waals surface area contributed by atoms with Crippen molar-refractivity contribution in [2.24, 2.45) is 0 Å². The van der Waals surface area contributed by atoms with Crippen LogP contribution < -0.4 is 5.73 Å². The van der Waals surface area contributed by atoms with E-state index < -0.39 is 0 Å². The smallest absolute Gasteiger partial charge is 0.254 e. The summed E-state index contributed by atoms with van der Waals surface area (Å²) in [6, 6.07) is 4.03. The van der Waals surface area contributed by atoms with Crippen LogP contribution in [0.15, 0.2) is 16.6 Å². The topological polar surface area (TPSA) is 46.3 Å². The second kappa shape index (κ2) is 5.31. The lowest BCUT2D eigenvalue weighted by molar-refractivity contribution is 0.0635. The molecule has 1 amide bonds. The van der Waals surface area contributed by atoms with Crippen LogP contribution >= 0.6 is 15.9 Å². The summed E-state index contributed by atoms with van der Waals surface area (Å²) in [4.78, 5) is 14.6. The Balaban J connectivity index is 2.33. The lowest BCUT2D eigenvalue weighted by Crippen LogP contribution is -2.42. The molecule has 0 bridgehead atoms. The van der Waals surface area contributed by atoms with Crippen molar-refractivity contribution in [3.05, 3.63) is 27.7 Å². The summed E-state index contributed by atoms with van der Waals surface area (Å²) in [6.07, 6.45) is 3.40. The average Bonchev–Trinajstić information content (AvgIpc) is 2.33. The molecule has 0 saturated carbocycles. The van der Waals surface area contributed by atoms with Gasteiger partial charge in [-0.2, -0.15) is 0 Å². The van der Waals surface area contributed by atoms with Gasteiger partial charge in [-0.05, 0) is 50.8 Å². The predicted octanol–water partition coefficient (Wildman–Crippen LogP) is 3.35. The first-order valence-corrected chi connectivity index (χ1v) is 7.16. The minimum atomic E-state index is 0.104. The third-order valence-electron chi connectivity index (χ3n) is 3.71. The first-order chi connectivity index (χ1) is 8.50. The standard InChI is InChI=1S/C14H19BrN2O/c1-9-5-3-4-6-17(9)14(18)12-7-11(15)8-13(16)10(12)2/h7-9H,3-6,16H2,1-2H3. The van der Waals surface area contributed by atoms with Crippen LogP contribution in [0.1, 0.15) is 42.1 Å². The van der Waals surface area contributed by atoms with Crippen molar-refractivity contribution in [3.8, 4) is 0 Å². The number of nitrogen functional groups attached to an aromatic ring is 1. The number of hydrogen-bond donors (Lipinski definition) is 1. The molecule has 2 N–H and O–H groups in total. The fourth-order valence-electron chi connectivity index (χ4n) is 2.48. The molecule has 1 fully saturated rings. The molecule has 1 unspecified atom stereocenters. The molecule has 4 heteroatoms. The maximum Gasteiger partial charge on any atom is 0.254 e. The highest BCUT2D eigenvalue weighted by Gasteiger charge is 2.25. The third-order valence-corrected chi connectivity index (χ3v) is 4.16. The lowest BCUT2D eigenvalue weighted by Gasteiger charge is -2.34. The zero-order chi connectivity index (χ0) is 13.3. The highest BCUT2D eigenvalue weighted by Crippen LogP contribution is 2.26. The SMILES string of the molecule is Cc1c(N)cc(Br)cc1C(=O)N1CCCCC1C. The van der Waals surface area contributed by atoms with E-state index >= 15 is 0 Å². The monoisotopic (exact) mass is 310 g/mol. The van der Waals surface area contributed by atoms with E-state index in [0.29, 0.717) is 11.7 Å². The number of benzene rings is 1. The van der Waals surface area contributed by atoms with Gasteiger partial charge in [-0.25, -0.2) is 0 Å². The summed E-state index contributed by atoms with van der Waals surface area (Å²) in [7, 11) is 0.